The molecule has 0 fully saturated rings. The second-order valence-electron chi connectivity index (χ2n) is 3.79. The van der Waals surface area contributed by atoms with Gasteiger partial charge in [0, 0.05) is 23.2 Å². The molecule has 1 aromatic carbocycles. The van der Waals surface area contributed by atoms with E-state index in [0.717, 1.165) is 16.6 Å². The molecule has 0 saturated carbocycles. The third-order valence-corrected chi connectivity index (χ3v) is 2.50. The molecule has 2 nitrogen and oxygen atoms in total. The Morgan fingerprint density at radius 3 is 2.73 bits per heavy atom. The van der Waals surface area contributed by atoms with Crippen molar-refractivity contribution in [3.63, 3.8) is 0 Å². The van der Waals surface area contributed by atoms with Crippen LogP contribution in [0.4, 0.5) is 4.39 Å². The van der Waals surface area contributed by atoms with Gasteiger partial charge in [0.2, 0.25) is 0 Å². The lowest BCUT2D eigenvalue weighted by Crippen LogP contribution is -2.08. The molecule has 0 radical (unpaired) electrons. The summed E-state index contributed by atoms with van der Waals surface area (Å²) in [4.78, 5) is 4.34. The molecule has 0 aliphatic heterocycles. The topological polar surface area (TPSA) is 38.9 Å². The van der Waals surface area contributed by atoms with E-state index in [4.69, 9.17) is 5.73 Å². The van der Waals surface area contributed by atoms with Gasteiger partial charge in [-0.2, -0.15) is 0 Å². The summed E-state index contributed by atoms with van der Waals surface area (Å²) in [5.74, 6) is -0.261. The molecule has 0 saturated heterocycles. The second kappa shape index (κ2) is 3.59. The molecule has 3 heteroatoms. The minimum Gasteiger partial charge on any atom is -0.324 e. The van der Waals surface area contributed by atoms with Gasteiger partial charge in [-0.05, 0) is 37.6 Å². The number of pyridine rings is 1. The van der Waals surface area contributed by atoms with E-state index < -0.39 is 0 Å². The minimum atomic E-state index is -0.261. The molecule has 0 aliphatic rings. The fourth-order valence-corrected chi connectivity index (χ4v) is 1.71. The summed E-state index contributed by atoms with van der Waals surface area (Å²) in [5, 5.41) is 0.925. The van der Waals surface area contributed by atoms with Crippen LogP contribution in [0.3, 0.4) is 0 Å². The summed E-state index contributed by atoms with van der Waals surface area (Å²) in [5.41, 5.74) is 8.37. The second-order valence-corrected chi connectivity index (χ2v) is 3.79. The quantitative estimate of drug-likeness (QED) is 0.775. The first-order chi connectivity index (χ1) is 7.08. The average Bonchev–Trinajstić information content (AvgIpc) is 2.15. The van der Waals surface area contributed by atoms with Crippen molar-refractivity contribution in [1.29, 1.82) is 0 Å². The van der Waals surface area contributed by atoms with Crippen LogP contribution in [-0.4, -0.2) is 4.98 Å². The predicted molar refractivity (Wildman–Crippen MR) is 59.0 cm³/mol. The molecule has 78 valence electrons. The molecular weight excluding hydrogens is 191 g/mol. The Kier molecular flexibility index (Phi) is 2.40. The van der Waals surface area contributed by atoms with Crippen molar-refractivity contribution in [1.82, 2.24) is 4.98 Å². The molecule has 0 spiro atoms. The number of nitrogens with two attached hydrogens (primary N) is 1. The number of rotatable bonds is 1. The zero-order chi connectivity index (χ0) is 11.0. The standard InChI is InChI=1S/C12H13FN2/c1-7(14)11-5-9-3-4-10(13)6-12(9)15-8(11)2/h3-7H,14H2,1-2H3/t7-/m0/s1. The van der Waals surface area contributed by atoms with Crippen LogP contribution in [-0.2, 0) is 0 Å². The minimum absolute atomic E-state index is 0.0491. The van der Waals surface area contributed by atoms with Gasteiger partial charge in [0.1, 0.15) is 5.82 Å². The molecule has 2 aromatic rings. The summed E-state index contributed by atoms with van der Waals surface area (Å²) in [7, 11) is 0. The largest absolute Gasteiger partial charge is 0.324 e. The molecule has 1 aromatic heterocycles. The third kappa shape index (κ3) is 1.83. The van der Waals surface area contributed by atoms with Crippen molar-refractivity contribution in [2.75, 3.05) is 0 Å². The first-order valence-corrected chi connectivity index (χ1v) is 4.90. The smallest absolute Gasteiger partial charge is 0.125 e. The molecule has 2 N–H and O–H groups in total. The van der Waals surface area contributed by atoms with E-state index in [-0.39, 0.29) is 11.9 Å². The van der Waals surface area contributed by atoms with E-state index in [1.165, 1.54) is 12.1 Å². The van der Waals surface area contributed by atoms with Crippen LogP contribution in [0.1, 0.15) is 24.2 Å². The molecule has 0 aliphatic carbocycles. The highest BCUT2D eigenvalue weighted by atomic mass is 19.1. The van der Waals surface area contributed by atoms with Gasteiger partial charge in [-0.1, -0.05) is 0 Å². The first kappa shape index (κ1) is 10.1. The Labute approximate surface area is 87.9 Å². The van der Waals surface area contributed by atoms with Crippen molar-refractivity contribution in [3.05, 3.63) is 41.3 Å². The summed E-state index contributed by atoms with van der Waals surface area (Å²) < 4.78 is 13.0. The maximum Gasteiger partial charge on any atom is 0.125 e. The molecule has 15 heavy (non-hydrogen) atoms. The molecular formula is C12H13FN2. The maximum atomic E-state index is 13.0. The molecule has 0 bridgehead atoms. The Morgan fingerprint density at radius 1 is 1.33 bits per heavy atom. The van der Waals surface area contributed by atoms with E-state index in [1.807, 2.05) is 19.9 Å². The molecule has 2 rings (SSSR count). The Hall–Kier alpha value is -1.48. The van der Waals surface area contributed by atoms with Crippen LogP contribution < -0.4 is 5.73 Å². The van der Waals surface area contributed by atoms with Crippen LogP contribution in [0.5, 0.6) is 0 Å². The number of aryl methyl sites for hydroxylation is 1. The van der Waals surface area contributed by atoms with Gasteiger partial charge >= 0.3 is 0 Å². The van der Waals surface area contributed by atoms with Crippen molar-refractivity contribution >= 4 is 10.9 Å². The van der Waals surface area contributed by atoms with Crippen LogP contribution in [0.25, 0.3) is 10.9 Å². The van der Waals surface area contributed by atoms with E-state index in [0.29, 0.717) is 5.52 Å². The lowest BCUT2D eigenvalue weighted by molar-refractivity contribution is 0.629. The normalized spacial score (nSPS) is 13.1. The van der Waals surface area contributed by atoms with Gasteiger partial charge < -0.3 is 5.73 Å². The fourth-order valence-electron chi connectivity index (χ4n) is 1.71. The monoisotopic (exact) mass is 204 g/mol. The van der Waals surface area contributed by atoms with E-state index in [9.17, 15) is 4.39 Å². The van der Waals surface area contributed by atoms with E-state index in [1.54, 1.807) is 6.07 Å². The molecule has 0 unspecified atom stereocenters. The lowest BCUT2D eigenvalue weighted by Gasteiger charge is -2.10. The van der Waals surface area contributed by atoms with Gasteiger partial charge in [0.05, 0.1) is 5.52 Å². The van der Waals surface area contributed by atoms with Gasteiger partial charge in [-0.15, -0.1) is 0 Å². The van der Waals surface area contributed by atoms with E-state index >= 15 is 0 Å². The van der Waals surface area contributed by atoms with Gasteiger partial charge in [0.15, 0.2) is 0 Å². The summed E-state index contributed by atoms with van der Waals surface area (Å²) >= 11 is 0. The Bertz CT molecular complexity index is 506. The fraction of sp³-hybridized carbons (Fsp3) is 0.250. The summed E-state index contributed by atoms with van der Waals surface area (Å²) in [6, 6.07) is 6.52. The summed E-state index contributed by atoms with van der Waals surface area (Å²) in [6.07, 6.45) is 0. The Morgan fingerprint density at radius 2 is 2.07 bits per heavy atom. The average molecular weight is 204 g/mol. The van der Waals surface area contributed by atoms with Gasteiger partial charge in [-0.3, -0.25) is 4.98 Å². The van der Waals surface area contributed by atoms with Crippen LogP contribution >= 0.6 is 0 Å². The number of fused-ring (bicyclic) bond motifs is 1. The number of hydrogen-bond donors (Lipinski definition) is 1. The SMILES string of the molecule is Cc1nc2cc(F)ccc2cc1[C@H](C)N. The molecule has 1 heterocycles. The third-order valence-electron chi connectivity index (χ3n) is 2.50. The number of benzene rings is 1. The zero-order valence-electron chi connectivity index (χ0n) is 8.79. The maximum absolute atomic E-state index is 13.0. The van der Waals surface area contributed by atoms with Crippen LogP contribution in [0.2, 0.25) is 0 Å². The molecule has 0 amide bonds. The van der Waals surface area contributed by atoms with Crippen molar-refractivity contribution in [2.24, 2.45) is 5.73 Å². The zero-order valence-corrected chi connectivity index (χ0v) is 8.79. The van der Waals surface area contributed by atoms with Crippen molar-refractivity contribution in [3.8, 4) is 0 Å². The highest BCUT2D eigenvalue weighted by Gasteiger charge is 2.07. The highest BCUT2D eigenvalue weighted by molar-refractivity contribution is 5.79. The van der Waals surface area contributed by atoms with E-state index in [2.05, 4.69) is 4.98 Å². The predicted octanol–water partition coefficient (Wildman–Crippen LogP) is 2.70. The Balaban J connectivity index is 2.71. The highest BCUT2D eigenvalue weighted by Crippen LogP contribution is 2.20. The number of hydrogen-bond acceptors (Lipinski definition) is 2. The van der Waals surface area contributed by atoms with Crippen molar-refractivity contribution < 1.29 is 4.39 Å². The van der Waals surface area contributed by atoms with Crippen LogP contribution in [0, 0.1) is 12.7 Å². The lowest BCUT2D eigenvalue weighted by atomic mass is 10.0. The van der Waals surface area contributed by atoms with Crippen LogP contribution in [0.15, 0.2) is 24.3 Å². The van der Waals surface area contributed by atoms with Gasteiger partial charge in [0.25, 0.3) is 0 Å². The molecule has 1 atom stereocenters. The first-order valence-electron chi connectivity index (χ1n) is 4.90. The summed E-state index contributed by atoms with van der Waals surface area (Å²) in [6.45, 7) is 3.81. The number of halogens is 1. The number of nitrogens with zero attached hydrogens (tertiary/aromatic N) is 1. The number of aromatic nitrogens is 1. The van der Waals surface area contributed by atoms with Crippen molar-refractivity contribution in [2.45, 2.75) is 19.9 Å². The van der Waals surface area contributed by atoms with Gasteiger partial charge in [-0.25, -0.2) is 4.39 Å².